The molecule has 0 radical (unpaired) electrons. The SMILES string of the molecule is CCCN(CCC)C(=O)c1cc(C)cc(C(=O)N[C@@H](Cc2cc(F)cc(F)c2)C(O)[C@@H]2NCCN(CCC)C2=O)c1. The molecule has 0 saturated carbocycles. The maximum atomic E-state index is 14.0. The van der Waals surface area contributed by atoms with Gasteiger partial charge in [-0.2, -0.15) is 0 Å². The van der Waals surface area contributed by atoms with Crippen LogP contribution in [0.15, 0.2) is 36.4 Å². The second kappa shape index (κ2) is 15.0. The lowest BCUT2D eigenvalue weighted by atomic mass is 9.93. The molecule has 2 aromatic rings. The van der Waals surface area contributed by atoms with Gasteiger partial charge in [-0.15, -0.1) is 0 Å². The number of carbonyl (C=O) groups is 3. The van der Waals surface area contributed by atoms with E-state index in [-0.39, 0.29) is 29.4 Å². The van der Waals surface area contributed by atoms with Crippen LogP contribution in [-0.2, 0) is 11.2 Å². The molecule has 3 rings (SSSR count). The van der Waals surface area contributed by atoms with Gasteiger partial charge in [0.25, 0.3) is 11.8 Å². The maximum absolute atomic E-state index is 14.0. The Morgan fingerprint density at radius 1 is 1.02 bits per heavy atom. The van der Waals surface area contributed by atoms with E-state index in [1.165, 1.54) is 6.07 Å². The largest absolute Gasteiger partial charge is 0.389 e. The Bertz CT molecular complexity index is 1200. The van der Waals surface area contributed by atoms with Crippen LogP contribution in [0.3, 0.4) is 0 Å². The fourth-order valence-electron chi connectivity index (χ4n) is 5.31. The van der Waals surface area contributed by atoms with E-state index in [2.05, 4.69) is 10.6 Å². The molecule has 1 aliphatic heterocycles. The van der Waals surface area contributed by atoms with Crippen molar-refractivity contribution in [1.29, 1.82) is 0 Å². The van der Waals surface area contributed by atoms with Gasteiger partial charge < -0.3 is 25.5 Å². The minimum Gasteiger partial charge on any atom is -0.389 e. The number of carbonyl (C=O) groups excluding carboxylic acids is 3. The molecule has 2 aromatic carbocycles. The minimum atomic E-state index is -1.40. The van der Waals surface area contributed by atoms with Gasteiger partial charge in [0.1, 0.15) is 17.7 Å². The number of nitrogens with one attached hydrogen (secondary N) is 2. The molecule has 41 heavy (non-hydrogen) atoms. The van der Waals surface area contributed by atoms with Gasteiger partial charge in [0.05, 0.1) is 12.1 Å². The number of aliphatic hydroxyl groups excluding tert-OH is 1. The molecule has 3 N–H and O–H groups in total. The Hall–Kier alpha value is -3.37. The summed E-state index contributed by atoms with van der Waals surface area (Å²) in [5, 5.41) is 17.2. The van der Waals surface area contributed by atoms with E-state index in [0.29, 0.717) is 43.9 Å². The van der Waals surface area contributed by atoms with Crippen molar-refractivity contribution < 1.29 is 28.3 Å². The van der Waals surface area contributed by atoms with Gasteiger partial charge in [0.15, 0.2) is 0 Å². The van der Waals surface area contributed by atoms with Gasteiger partial charge in [-0.3, -0.25) is 14.4 Å². The standard InChI is InChI=1S/C31H42F2N4O4/c1-5-9-36(10-6-2)30(40)23-14-20(4)13-22(18-23)29(39)35-26(17-21-15-24(32)19-25(33)16-21)28(38)27-31(41)37(11-7-3)12-8-34-27/h13-16,18-19,26-28,34,38H,5-12,17H2,1-4H3,(H,35,39)/t26-,27-,28?/m0/s1. The highest BCUT2D eigenvalue weighted by Crippen LogP contribution is 2.18. The molecule has 1 heterocycles. The minimum absolute atomic E-state index is 0.126. The maximum Gasteiger partial charge on any atom is 0.253 e. The number of benzene rings is 2. The Kier molecular flexibility index (Phi) is 11.8. The van der Waals surface area contributed by atoms with Crippen LogP contribution in [0.5, 0.6) is 0 Å². The summed E-state index contributed by atoms with van der Waals surface area (Å²) in [6, 6.07) is 5.81. The zero-order valence-electron chi connectivity index (χ0n) is 24.4. The lowest BCUT2D eigenvalue weighted by Crippen LogP contribution is -2.64. The number of amides is 3. The molecule has 1 fully saturated rings. The molecule has 1 unspecified atom stereocenters. The first-order chi connectivity index (χ1) is 19.6. The highest BCUT2D eigenvalue weighted by atomic mass is 19.1. The predicted molar refractivity (Wildman–Crippen MR) is 154 cm³/mol. The average molecular weight is 573 g/mol. The molecule has 10 heteroatoms. The van der Waals surface area contributed by atoms with Crippen molar-refractivity contribution >= 4 is 17.7 Å². The third-order valence-electron chi connectivity index (χ3n) is 7.13. The quantitative estimate of drug-likeness (QED) is 0.341. The molecular weight excluding hydrogens is 530 g/mol. The van der Waals surface area contributed by atoms with E-state index >= 15 is 0 Å². The van der Waals surface area contributed by atoms with Crippen molar-refractivity contribution in [3.63, 3.8) is 0 Å². The third-order valence-corrected chi connectivity index (χ3v) is 7.13. The van der Waals surface area contributed by atoms with Crippen molar-refractivity contribution in [2.24, 2.45) is 0 Å². The number of aryl methyl sites for hydroxylation is 1. The van der Waals surface area contributed by atoms with Gasteiger partial charge in [-0.1, -0.05) is 20.8 Å². The smallest absolute Gasteiger partial charge is 0.253 e. The summed E-state index contributed by atoms with van der Waals surface area (Å²) in [5.41, 5.74) is 1.51. The van der Waals surface area contributed by atoms with Crippen LogP contribution < -0.4 is 10.6 Å². The lowest BCUT2D eigenvalue weighted by molar-refractivity contribution is -0.139. The Labute approximate surface area is 241 Å². The van der Waals surface area contributed by atoms with Crippen molar-refractivity contribution in [1.82, 2.24) is 20.4 Å². The Morgan fingerprint density at radius 3 is 2.27 bits per heavy atom. The number of aliphatic hydroxyl groups is 1. The summed E-state index contributed by atoms with van der Waals surface area (Å²) in [7, 11) is 0. The van der Waals surface area contributed by atoms with Gasteiger partial charge >= 0.3 is 0 Å². The molecule has 3 atom stereocenters. The molecule has 0 bridgehead atoms. The fraction of sp³-hybridized carbons (Fsp3) is 0.516. The summed E-state index contributed by atoms with van der Waals surface area (Å²) in [6.45, 7) is 10.4. The van der Waals surface area contributed by atoms with E-state index in [1.54, 1.807) is 28.9 Å². The van der Waals surface area contributed by atoms with Gasteiger partial charge in [-0.05, 0) is 74.1 Å². The van der Waals surface area contributed by atoms with Crippen LogP contribution in [0.4, 0.5) is 8.78 Å². The van der Waals surface area contributed by atoms with Crippen molar-refractivity contribution in [3.8, 4) is 0 Å². The highest BCUT2D eigenvalue weighted by Gasteiger charge is 2.38. The zero-order valence-corrected chi connectivity index (χ0v) is 24.4. The molecule has 0 spiro atoms. The van der Waals surface area contributed by atoms with Crippen LogP contribution in [0.1, 0.15) is 71.9 Å². The van der Waals surface area contributed by atoms with E-state index in [1.807, 2.05) is 20.8 Å². The average Bonchev–Trinajstić information content (AvgIpc) is 2.92. The normalized spacial score (nSPS) is 16.8. The second-order valence-electron chi connectivity index (χ2n) is 10.7. The lowest BCUT2D eigenvalue weighted by Gasteiger charge is -2.38. The topological polar surface area (TPSA) is 102 Å². The molecule has 1 saturated heterocycles. The van der Waals surface area contributed by atoms with Gasteiger partial charge in [0, 0.05) is 49.9 Å². The zero-order chi connectivity index (χ0) is 30.1. The molecule has 224 valence electrons. The summed E-state index contributed by atoms with van der Waals surface area (Å²) >= 11 is 0. The summed E-state index contributed by atoms with van der Waals surface area (Å²) in [6.07, 6.45) is 0.829. The van der Waals surface area contributed by atoms with E-state index in [0.717, 1.165) is 37.5 Å². The third kappa shape index (κ3) is 8.56. The molecule has 8 nitrogen and oxygen atoms in total. The fourth-order valence-corrected chi connectivity index (χ4v) is 5.31. The first-order valence-corrected chi connectivity index (χ1v) is 14.4. The Morgan fingerprint density at radius 2 is 1.66 bits per heavy atom. The van der Waals surface area contributed by atoms with E-state index in [4.69, 9.17) is 0 Å². The summed E-state index contributed by atoms with van der Waals surface area (Å²) in [4.78, 5) is 43.3. The predicted octanol–water partition coefficient (Wildman–Crippen LogP) is 3.45. The van der Waals surface area contributed by atoms with Crippen molar-refractivity contribution in [2.75, 3.05) is 32.7 Å². The first-order valence-electron chi connectivity index (χ1n) is 14.4. The monoisotopic (exact) mass is 572 g/mol. The molecular formula is C31H42F2N4O4. The van der Waals surface area contributed by atoms with E-state index in [9.17, 15) is 28.3 Å². The van der Waals surface area contributed by atoms with Crippen LogP contribution in [0.25, 0.3) is 0 Å². The van der Waals surface area contributed by atoms with E-state index < -0.39 is 35.7 Å². The number of piperazine rings is 1. The van der Waals surface area contributed by atoms with Crippen molar-refractivity contribution in [3.05, 3.63) is 70.3 Å². The summed E-state index contributed by atoms with van der Waals surface area (Å²) < 4.78 is 28.0. The van der Waals surface area contributed by atoms with Crippen LogP contribution >= 0.6 is 0 Å². The number of halogens is 2. The number of rotatable bonds is 13. The van der Waals surface area contributed by atoms with Crippen LogP contribution in [0.2, 0.25) is 0 Å². The van der Waals surface area contributed by atoms with Gasteiger partial charge in [-0.25, -0.2) is 8.78 Å². The Balaban J connectivity index is 1.91. The number of hydrogen-bond acceptors (Lipinski definition) is 5. The molecule has 1 aliphatic rings. The first kappa shape index (κ1) is 32.1. The highest BCUT2D eigenvalue weighted by molar-refractivity contribution is 6.00. The second-order valence-corrected chi connectivity index (χ2v) is 10.7. The molecule has 0 aromatic heterocycles. The molecule has 3 amide bonds. The van der Waals surface area contributed by atoms with Gasteiger partial charge in [0.2, 0.25) is 5.91 Å². The number of hydrogen-bond donors (Lipinski definition) is 3. The number of nitrogens with zero attached hydrogens (tertiary/aromatic N) is 2. The van der Waals surface area contributed by atoms with Crippen LogP contribution in [-0.4, -0.2) is 83.5 Å². The summed E-state index contributed by atoms with van der Waals surface area (Å²) in [5.74, 6) is -2.62. The van der Waals surface area contributed by atoms with Crippen LogP contribution in [0, 0.1) is 18.6 Å². The van der Waals surface area contributed by atoms with Crippen molar-refractivity contribution in [2.45, 2.75) is 71.6 Å². The molecule has 0 aliphatic carbocycles.